The Kier molecular flexibility index (Phi) is 3.15. The number of rotatable bonds is 2. The van der Waals surface area contributed by atoms with Crippen molar-refractivity contribution in [1.82, 2.24) is 14.5 Å². The minimum atomic E-state index is 0.336. The molecule has 0 radical (unpaired) electrons. The van der Waals surface area contributed by atoms with Crippen LogP contribution in [0.2, 0.25) is 0 Å². The molecule has 0 N–H and O–H groups in total. The first-order valence-electron chi connectivity index (χ1n) is 8.37. The number of piperidine rings is 1. The van der Waals surface area contributed by atoms with Crippen molar-refractivity contribution in [3.8, 4) is 0 Å². The average Bonchev–Trinajstić information content (AvgIpc) is 2.91. The van der Waals surface area contributed by atoms with Crippen LogP contribution in [-0.2, 0) is 25.4 Å². The fourth-order valence-electron chi connectivity index (χ4n) is 4.62. The van der Waals surface area contributed by atoms with E-state index in [1.807, 2.05) is 12.5 Å². The molecule has 2 aliphatic rings. The van der Waals surface area contributed by atoms with E-state index in [1.54, 1.807) is 11.1 Å². The lowest BCUT2D eigenvalue weighted by Crippen LogP contribution is -2.57. The van der Waals surface area contributed by atoms with Gasteiger partial charge >= 0.3 is 0 Å². The van der Waals surface area contributed by atoms with Gasteiger partial charge in [-0.2, -0.15) is 0 Å². The Hall–Kier alpha value is -1.61. The zero-order valence-corrected chi connectivity index (χ0v) is 13.8. The summed E-state index contributed by atoms with van der Waals surface area (Å²) in [6.45, 7) is 7.13. The maximum absolute atomic E-state index is 4.27. The first-order valence-corrected chi connectivity index (χ1v) is 8.37. The number of likely N-dealkylation sites (tertiary alicyclic amines) is 1. The summed E-state index contributed by atoms with van der Waals surface area (Å²) in [4.78, 5) is 6.95. The highest BCUT2D eigenvalue weighted by Crippen LogP contribution is 2.48. The van der Waals surface area contributed by atoms with E-state index in [0.29, 0.717) is 17.4 Å². The molecule has 0 saturated carbocycles. The summed E-state index contributed by atoms with van der Waals surface area (Å²) in [5.41, 5.74) is 4.80. The summed E-state index contributed by atoms with van der Waals surface area (Å²) >= 11 is 0. The summed E-state index contributed by atoms with van der Waals surface area (Å²) in [7, 11) is 2.09. The van der Waals surface area contributed by atoms with Crippen LogP contribution in [0.4, 0.5) is 0 Å². The summed E-state index contributed by atoms with van der Waals surface area (Å²) in [6.07, 6.45) is 6.35. The highest BCUT2D eigenvalue weighted by molar-refractivity contribution is 5.39. The number of hydrogen-bond acceptors (Lipinski definition) is 2. The van der Waals surface area contributed by atoms with Gasteiger partial charge in [0.15, 0.2) is 0 Å². The van der Waals surface area contributed by atoms with Crippen molar-refractivity contribution in [2.75, 3.05) is 6.54 Å². The smallest absolute Gasteiger partial charge is 0.0945 e. The maximum atomic E-state index is 4.27. The number of nitrogens with zero attached hydrogens (tertiary/aromatic N) is 3. The second kappa shape index (κ2) is 4.95. The minimum absolute atomic E-state index is 0.336. The van der Waals surface area contributed by atoms with Crippen LogP contribution in [0, 0.1) is 5.92 Å². The molecule has 2 heterocycles. The molecule has 2 aromatic rings. The van der Waals surface area contributed by atoms with Crippen LogP contribution in [-0.4, -0.2) is 27.0 Å². The topological polar surface area (TPSA) is 21.1 Å². The van der Waals surface area contributed by atoms with Gasteiger partial charge in [0, 0.05) is 25.8 Å². The Bertz CT molecular complexity index is 689. The Morgan fingerprint density at radius 1 is 1.32 bits per heavy atom. The lowest BCUT2D eigenvalue weighted by atomic mass is 9.59. The average molecular weight is 295 g/mol. The van der Waals surface area contributed by atoms with Crippen LogP contribution < -0.4 is 0 Å². The van der Waals surface area contributed by atoms with E-state index in [1.165, 1.54) is 25.1 Å². The van der Waals surface area contributed by atoms with E-state index < -0.39 is 0 Å². The number of hydrogen-bond donors (Lipinski definition) is 0. The van der Waals surface area contributed by atoms with Crippen LogP contribution >= 0.6 is 0 Å². The summed E-state index contributed by atoms with van der Waals surface area (Å²) in [5.74, 6) is 0.698. The second-order valence-corrected chi connectivity index (χ2v) is 7.35. The minimum Gasteiger partial charge on any atom is -0.337 e. The Balaban J connectivity index is 1.67. The Labute approximate surface area is 133 Å². The highest BCUT2D eigenvalue weighted by Gasteiger charge is 2.48. The van der Waals surface area contributed by atoms with Gasteiger partial charge in [-0.15, -0.1) is 0 Å². The molecule has 3 heteroatoms. The Morgan fingerprint density at radius 3 is 2.91 bits per heavy atom. The third-order valence-corrected chi connectivity index (χ3v) is 6.31. The Morgan fingerprint density at radius 2 is 2.14 bits per heavy atom. The SMILES string of the molecule is CC1C2Cc3ccccc3C1(C)CCN2Cc1cncn1C. The fourth-order valence-corrected chi connectivity index (χ4v) is 4.62. The van der Waals surface area contributed by atoms with E-state index in [2.05, 4.69) is 59.6 Å². The van der Waals surface area contributed by atoms with Crippen LogP contribution in [0.15, 0.2) is 36.8 Å². The summed E-state index contributed by atoms with van der Waals surface area (Å²) < 4.78 is 2.15. The first-order chi connectivity index (χ1) is 10.6. The van der Waals surface area contributed by atoms with Gasteiger partial charge in [-0.25, -0.2) is 4.98 Å². The molecule has 1 fully saturated rings. The molecule has 1 aromatic heterocycles. The predicted octanol–water partition coefficient (Wildman–Crippen LogP) is 3.14. The largest absolute Gasteiger partial charge is 0.337 e. The molecule has 1 saturated heterocycles. The molecule has 0 spiro atoms. The molecule has 116 valence electrons. The summed E-state index contributed by atoms with van der Waals surface area (Å²) in [6, 6.07) is 9.74. The van der Waals surface area contributed by atoms with Crippen LogP contribution in [0.3, 0.4) is 0 Å². The molecule has 1 aliphatic carbocycles. The quantitative estimate of drug-likeness (QED) is 0.848. The first kappa shape index (κ1) is 14.0. The van der Waals surface area contributed by atoms with Gasteiger partial charge in [0.1, 0.15) is 0 Å². The zero-order chi connectivity index (χ0) is 15.3. The van der Waals surface area contributed by atoms with Gasteiger partial charge in [-0.05, 0) is 41.8 Å². The van der Waals surface area contributed by atoms with Crippen molar-refractivity contribution in [3.05, 3.63) is 53.6 Å². The van der Waals surface area contributed by atoms with Crippen molar-refractivity contribution in [1.29, 1.82) is 0 Å². The van der Waals surface area contributed by atoms with Gasteiger partial charge in [-0.1, -0.05) is 38.1 Å². The zero-order valence-electron chi connectivity index (χ0n) is 13.8. The van der Waals surface area contributed by atoms with E-state index >= 15 is 0 Å². The van der Waals surface area contributed by atoms with E-state index in [9.17, 15) is 0 Å². The molecule has 0 amide bonds. The predicted molar refractivity (Wildman–Crippen MR) is 88.7 cm³/mol. The maximum Gasteiger partial charge on any atom is 0.0945 e. The van der Waals surface area contributed by atoms with Gasteiger partial charge < -0.3 is 4.57 Å². The number of fused-ring (bicyclic) bond motifs is 4. The van der Waals surface area contributed by atoms with Gasteiger partial charge in [0.25, 0.3) is 0 Å². The molecule has 22 heavy (non-hydrogen) atoms. The fraction of sp³-hybridized carbons (Fsp3) is 0.526. The lowest BCUT2D eigenvalue weighted by molar-refractivity contribution is 0.0246. The van der Waals surface area contributed by atoms with E-state index in [-0.39, 0.29) is 0 Å². The van der Waals surface area contributed by atoms with Crippen molar-refractivity contribution in [2.45, 2.75) is 44.7 Å². The number of aryl methyl sites for hydroxylation is 1. The van der Waals surface area contributed by atoms with Gasteiger partial charge in [0.2, 0.25) is 0 Å². The second-order valence-electron chi connectivity index (χ2n) is 7.35. The van der Waals surface area contributed by atoms with Crippen molar-refractivity contribution >= 4 is 0 Å². The van der Waals surface area contributed by atoms with E-state index in [0.717, 1.165) is 6.54 Å². The molecular weight excluding hydrogens is 270 g/mol. The molecule has 2 bridgehead atoms. The molecule has 1 aliphatic heterocycles. The molecule has 1 aromatic carbocycles. The molecule has 3 nitrogen and oxygen atoms in total. The monoisotopic (exact) mass is 295 g/mol. The number of aromatic nitrogens is 2. The van der Waals surface area contributed by atoms with Crippen LogP contribution in [0.1, 0.15) is 37.1 Å². The van der Waals surface area contributed by atoms with Crippen LogP contribution in [0.5, 0.6) is 0 Å². The number of imidazole rings is 1. The van der Waals surface area contributed by atoms with Gasteiger partial charge in [0.05, 0.1) is 12.0 Å². The third kappa shape index (κ3) is 1.95. The van der Waals surface area contributed by atoms with Gasteiger partial charge in [-0.3, -0.25) is 4.90 Å². The van der Waals surface area contributed by atoms with Crippen molar-refractivity contribution in [2.24, 2.45) is 13.0 Å². The molecule has 3 unspecified atom stereocenters. The lowest BCUT2D eigenvalue weighted by Gasteiger charge is -2.54. The van der Waals surface area contributed by atoms with Crippen LogP contribution in [0.25, 0.3) is 0 Å². The van der Waals surface area contributed by atoms with Crippen molar-refractivity contribution in [3.63, 3.8) is 0 Å². The third-order valence-electron chi connectivity index (χ3n) is 6.31. The standard InChI is InChI=1S/C19H25N3/c1-14-18-10-15-6-4-5-7-17(15)19(14,2)8-9-22(18)12-16-11-20-13-21(16)3/h4-7,11,13-14,18H,8-10,12H2,1-3H3. The molecule has 3 atom stereocenters. The highest BCUT2D eigenvalue weighted by atomic mass is 15.2. The number of benzene rings is 1. The van der Waals surface area contributed by atoms with Crippen molar-refractivity contribution < 1.29 is 0 Å². The molecule has 4 rings (SSSR count). The molecular formula is C19H25N3. The summed E-state index contributed by atoms with van der Waals surface area (Å²) in [5, 5.41) is 0. The normalized spacial score (nSPS) is 31.0. The van der Waals surface area contributed by atoms with E-state index in [4.69, 9.17) is 0 Å².